The van der Waals surface area contributed by atoms with Crippen LogP contribution in [0.15, 0.2) is 0 Å². The molecule has 4 heteroatoms. The maximum Gasteiger partial charge on any atom is 0.169 e. The highest BCUT2D eigenvalue weighted by atomic mass is 16.8. The zero-order chi connectivity index (χ0) is 10.5. The van der Waals surface area contributed by atoms with Crippen LogP contribution in [0, 0.1) is 0 Å². The van der Waals surface area contributed by atoms with Crippen LogP contribution in [-0.2, 0) is 9.47 Å². The van der Waals surface area contributed by atoms with Crippen LogP contribution in [0.5, 0.6) is 0 Å². The highest BCUT2D eigenvalue weighted by Crippen LogP contribution is 2.45. The Hall–Kier alpha value is -0.160. The van der Waals surface area contributed by atoms with Gasteiger partial charge in [-0.2, -0.15) is 0 Å². The van der Waals surface area contributed by atoms with E-state index in [4.69, 9.17) is 15.2 Å². The predicted molar refractivity (Wildman–Crippen MR) is 54.2 cm³/mol. The molecule has 2 aliphatic carbocycles. The summed E-state index contributed by atoms with van der Waals surface area (Å²) in [6, 6.07) is -0.0636. The smallest absolute Gasteiger partial charge is 0.169 e. The van der Waals surface area contributed by atoms with Crippen LogP contribution in [0.4, 0.5) is 0 Å². The fraction of sp³-hybridized carbons (Fsp3) is 1.00. The Morgan fingerprint density at radius 2 is 1.73 bits per heavy atom. The first-order valence-electron chi connectivity index (χ1n) is 5.99. The maximum atomic E-state index is 9.80. The molecule has 0 unspecified atom stereocenters. The Kier molecular flexibility index (Phi) is 2.28. The molecule has 0 aromatic rings. The molecule has 15 heavy (non-hydrogen) atoms. The lowest BCUT2D eigenvalue weighted by molar-refractivity contribution is -0.206. The van der Waals surface area contributed by atoms with E-state index in [0.717, 1.165) is 25.7 Å². The van der Waals surface area contributed by atoms with Crippen molar-refractivity contribution in [1.29, 1.82) is 0 Å². The summed E-state index contributed by atoms with van der Waals surface area (Å²) in [5.41, 5.74) is 5.94. The molecule has 1 aliphatic heterocycles. The quantitative estimate of drug-likeness (QED) is 0.616. The van der Waals surface area contributed by atoms with Crippen molar-refractivity contribution in [2.24, 2.45) is 5.73 Å². The molecule has 0 radical (unpaired) electrons. The van der Waals surface area contributed by atoms with Gasteiger partial charge in [0.05, 0.1) is 6.10 Å². The second-order valence-electron chi connectivity index (χ2n) is 5.10. The summed E-state index contributed by atoms with van der Waals surface area (Å²) >= 11 is 0. The average Bonchev–Trinajstić information content (AvgIpc) is 2.69. The van der Waals surface area contributed by atoms with Gasteiger partial charge in [0.25, 0.3) is 0 Å². The van der Waals surface area contributed by atoms with Gasteiger partial charge in [-0.25, -0.2) is 0 Å². The number of ether oxygens (including phenoxy) is 2. The van der Waals surface area contributed by atoms with E-state index in [0.29, 0.717) is 6.42 Å². The van der Waals surface area contributed by atoms with Crippen LogP contribution < -0.4 is 5.73 Å². The number of rotatable bonds is 0. The summed E-state index contributed by atoms with van der Waals surface area (Å²) in [5, 5.41) is 9.80. The van der Waals surface area contributed by atoms with E-state index in [1.807, 2.05) is 0 Å². The Balaban J connectivity index is 1.77. The van der Waals surface area contributed by atoms with Gasteiger partial charge in [0, 0.05) is 18.9 Å². The summed E-state index contributed by atoms with van der Waals surface area (Å²) in [5.74, 6) is -0.410. The van der Waals surface area contributed by atoms with Gasteiger partial charge in [-0.3, -0.25) is 0 Å². The van der Waals surface area contributed by atoms with Crippen molar-refractivity contribution < 1.29 is 14.6 Å². The summed E-state index contributed by atoms with van der Waals surface area (Å²) in [6.07, 6.45) is 5.39. The van der Waals surface area contributed by atoms with Gasteiger partial charge in [0.15, 0.2) is 5.79 Å². The number of nitrogens with two attached hydrogens (primary N) is 1. The lowest BCUT2D eigenvalue weighted by Gasteiger charge is -2.33. The minimum absolute atomic E-state index is 0.0636. The van der Waals surface area contributed by atoms with Crippen LogP contribution in [-0.4, -0.2) is 35.2 Å². The zero-order valence-electron chi connectivity index (χ0n) is 8.89. The maximum absolute atomic E-state index is 9.80. The minimum atomic E-state index is -0.439. The molecule has 1 spiro atoms. The van der Waals surface area contributed by atoms with E-state index in [1.165, 1.54) is 6.42 Å². The molecule has 0 aromatic carbocycles. The third-order valence-corrected chi connectivity index (χ3v) is 3.96. The molecule has 86 valence electrons. The Morgan fingerprint density at radius 3 is 2.40 bits per heavy atom. The van der Waals surface area contributed by atoms with Crippen molar-refractivity contribution in [1.82, 2.24) is 0 Å². The summed E-state index contributed by atoms with van der Waals surface area (Å²) in [4.78, 5) is 0. The Bertz CT molecular complexity index is 234. The molecular weight excluding hydrogens is 194 g/mol. The van der Waals surface area contributed by atoms with Crippen LogP contribution in [0.1, 0.15) is 38.5 Å². The monoisotopic (exact) mass is 213 g/mol. The molecule has 3 aliphatic rings. The molecule has 3 N–H and O–H groups in total. The van der Waals surface area contributed by atoms with Crippen molar-refractivity contribution in [2.75, 3.05) is 0 Å². The van der Waals surface area contributed by atoms with E-state index < -0.39 is 11.9 Å². The lowest BCUT2D eigenvalue weighted by atomic mass is 9.94. The van der Waals surface area contributed by atoms with Crippen LogP contribution in [0.2, 0.25) is 0 Å². The Labute approximate surface area is 89.7 Å². The molecular formula is C11H19NO3. The molecule has 2 saturated carbocycles. The molecule has 3 rings (SSSR count). The largest absolute Gasteiger partial charge is 0.390 e. The normalized spacial score (nSPS) is 48.4. The van der Waals surface area contributed by atoms with Gasteiger partial charge in [-0.05, 0) is 19.3 Å². The molecule has 4 atom stereocenters. The molecule has 4 nitrogen and oxygen atoms in total. The highest BCUT2D eigenvalue weighted by Gasteiger charge is 2.55. The van der Waals surface area contributed by atoms with Crippen molar-refractivity contribution in [3.63, 3.8) is 0 Å². The average molecular weight is 213 g/mol. The van der Waals surface area contributed by atoms with Gasteiger partial charge in [-0.1, -0.05) is 6.42 Å². The van der Waals surface area contributed by atoms with Gasteiger partial charge < -0.3 is 20.3 Å². The van der Waals surface area contributed by atoms with E-state index >= 15 is 0 Å². The van der Waals surface area contributed by atoms with Gasteiger partial charge in [0.1, 0.15) is 12.2 Å². The first kappa shape index (κ1) is 10.0. The predicted octanol–water partition coefficient (Wildman–Crippen LogP) is 0.523. The topological polar surface area (TPSA) is 64.7 Å². The van der Waals surface area contributed by atoms with Gasteiger partial charge >= 0.3 is 0 Å². The van der Waals surface area contributed by atoms with Crippen molar-refractivity contribution in [2.45, 2.75) is 68.7 Å². The van der Waals surface area contributed by atoms with Gasteiger partial charge in [-0.15, -0.1) is 0 Å². The molecule has 1 heterocycles. The number of hydrogen-bond donors (Lipinski definition) is 2. The molecule has 0 aromatic heterocycles. The summed E-state index contributed by atoms with van der Waals surface area (Å²) in [6.45, 7) is 0. The second kappa shape index (κ2) is 3.42. The number of aliphatic hydroxyl groups excluding tert-OH is 1. The van der Waals surface area contributed by atoms with Crippen LogP contribution in [0.3, 0.4) is 0 Å². The third-order valence-electron chi connectivity index (χ3n) is 3.96. The number of aliphatic hydroxyl groups is 1. The summed E-state index contributed by atoms with van der Waals surface area (Å²) < 4.78 is 11.9. The lowest BCUT2D eigenvalue weighted by Crippen LogP contribution is -2.38. The van der Waals surface area contributed by atoms with Crippen molar-refractivity contribution in [3.05, 3.63) is 0 Å². The zero-order valence-corrected chi connectivity index (χ0v) is 8.89. The molecule has 0 bridgehead atoms. The van der Waals surface area contributed by atoms with Gasteiger partial charge in [0.2, 0.25) is 0 Å². The number of fused-ring (bicyclic) bond motifs is 1. The molecule has 0 amide bonds. The third kappa shape index (κ3) is 1.51. The first-order valence-corrected chi connectivity index (χ1v) is 5.99. The van der Waals surface area contributed by atoms with E-state index in [1.54, 1.807) is 0 Å². The Morgan fingerprint density at radius 1 is 1.07 bits per heavy atom. The number of hydrogen-bond acceptors (Lipinski definition) is 4. The summed E-state index contributed by atoms with van der Waals surface area (Å²) in [7, 11) is 0. The van der Waals surface area contributed by atoms with E-state index in [-0.39, 0.29) is 18.2 Å². The van der Waals surface area contributed by atoms with Crippen molar-refractivity contribution in [3.8, 4) is 0 Å². The molecule has 1 saturated heterocycles. The fourth-order valence-corrected chi connectivity index (χ4v) is 3.16. The second-order valence-corrected chi connectivity index (χ2v) is 5.10. The van der Waals surface area contributed by atoms with E-state index in [2.05, 4.69) is 0 Å². The molecule has 3 fully saturated rings. The fourth-order valence-electron chi connectivity index (χ4n) is 3.16. The first-order chi connectivity index (χ1) is 7.20. The van der Waals surface area contributed by atoms with Crippen molar-refractivity contribution >= 4 is 0 Å². The highest BCUT2D eigenvalue weighted by molar-refractivity contribution is 5.02. The van der Waals surface area contributed by atoms with Crippen LogP contribution in [0.25, 0.3) is 0 Å². The van der Waals surface area contributed by atoms with Crippen LogP contribution >= 0.6 is 0 Å². The SMILES string of the molecule is N[C@@H]1C[C@H](O)[C@H]2OC3(CCCCC3)O[C@H]21. The minimum Gasteiger partial charge on any atom is -0.390 e. The van der Waals surface area contributed by atoms with E-state index in [9.17, 15) is 5.11 Å². The standard InChI is InChI=1S/C11H19NO3/c12-7-6-8(13)10-9(7)14-11(15-10)4-2-1-3-5-11/h7-10,13H,1-6,12H2/t7-,8+,9+,10-/m1/s1.